The normalized spacial score (nSPS) is 11.1. The third-order valence-electron chi connectivity index (χ3n) is 6.04. The van der Waals surface area contributed by atoms with Gasteiger partial charge in [0.1, 0.15) is 16.8 Å². The quantitative estimate of drug-likeness (QED) is 0.390. The molecule has 0 radical (unpaired) electrons. The molecule has 1 amide bonds. The zero-order valence-corrected chi connectivity index (χ0v) is 19.4. The summed E-state index contributed by atoms with van der Waals surface area (Å²) >= 11 is 0. The van der Waals surface area contributed by atoms with Crippen molar-refractivity contribution in [2.45, 2.75) is 26.9 Å². The van der Waals surface area contributed by atoms with Gasteiger partial charge in [-0.3, -0.25) is 24.4 Å². The average molecular weight is 465 g/mol. The highest BCUT2D eigenvalue weighted by atomic mass is 16.1. The lowest BCUT2D eigenvalue weighted by atomic mass is 10.1. The van der Waals surface area contributed by atoms with Crippen molar-refractivity contribution in [2.24, 2.45) is 0 Å². The first kappa shape index (κ1) is 22.2. The Morgan fingerprint density at radius 2 is 1.74 bits per heavy atom. The molecular weight excluding hydrogens is 440 g/mol. The number of aromatic nitrogens is 4. The van der Waals surface area contributed by atoms with E-state index in [-0.39, 0.29) is 28.5 Å². The number of hydrogen-bond acceptors (Lipinski definition) is 5. The van der Waals surface area contributed by atoms with E-state index in [2.05, 4.69) is 10.3 Å². The lowest BCUT2D eigenvalue weighted by Gasteiger charge is -2.15. The maximum atomic E-state index is 13.4. The highest BCUT2D eigenvalue weighted by Gasteiger charge is 2.18. The summed E-state index contributed by atoms with van der Waals surface area (Å²) in [5, 5.41) is 12.1. The molecule has 0 atom stereocenters. The minimum Gasteiger partial charge on any atom is -0.348 e. The molecule has 0 aliphatic carbocycles. The van der Waals surface area contributed by atoms with Crippen LogP contribution in [0.15, 0.2) is 78.0 Å². The number of hydrogen-bond donors (Lipinski definition) is 2. The molecule has 2 N–H and O–H groups in total. The van der Waals surface area contributed by atoms with Gasteiger partial charge in [-0.2, -0.15) is 0 Å². The molecule has 174 valence electrons. The third kappa shape index (κ3) is 4.21. The van der Waals surface area contributed by atoms with Gasteiger partial charge in [0.15, 0.2) is 0 Å². The van der Waals surface area contributed by atoms with E-state index in [1.54, 1.807) is 29.2 Å². The summed E-state index contributed by atoms with van der Waals surface area (Å²) in [6, 6.07) is 16.7. The first-order valence-electron chi connectivity index (χ1n) is 11.2. The zero-order chi connectivity index (χ0) is 24.5. The standard InChI is InChI=1S/C27H24N6O2/c1-17-5-7-19(8-6-17)15-30-26(34)21-14-22-25(31-24-18(2)4-3-13-32(24)27(22)35)33(23(21)28)16-20-9-11-29-12-10-20/h3-14,28H,15-16H2,1-2H3,(H,30,34). The van der Waals surface area contributed by atoms with E-state index in [9.17, 15) is 9.59 Å². The van der Waals surface area contributed by atoms with E-state index >= 15 is 0 Å². The Labute approximate surface area is 201 Å². The summed E-state index contributed by atoms with van der Waals surface area (Å²) in [7, 11) is 0. The van der Waals surface area contributed by atoms with Crippen LogP contribution >= 0.6 is 0 Å². The topological polar surface area (TPSA) is 105 Å². The number of aryl methyl sites for hydroxylation is 2. The number of benzene rings is 1. The van der Waals surface area contributed by atoms with Crippen LogP contribution in [-0.2, 0) is 13.1 Å². The lowest BCUT2D eigenvalue weighted by molar-refractivity contribution is 0.0948. The summed E-state index contributed by atoms with van der Waals surface area (Å²) in [6.45, 7) is 4.47. The fraction of sp³-hybridized carbons (Fsp3) is 0.148. The number of rotatable bonds is 5. The molecule has 0 fully saturated rings. The molecule has 0 spiro atoms. The molecule has 8 heteroatoms. The van der Waals surface area contributed by atoms with E-state index in [1.165, 1.54) is 10.5 Å². The molecule has 8 nitrogen and oxygen atoms in total. The third-order valence-corrected chi connectivity index (χ3v) is 6.04. The van der Waals surface area contributed by atoms with Crippen LogP contribution in [0.4, 0.5) is 0 Å². The van der Waals surface area contributed by atoms with Gasteiger partial charge in [-0.05, 0) is 54.8 Å². The molecule has 4 heterocycles. The number of amides is 1. The van der Waals surface area contributed by atoms with Crippen molar-refractivity contribution in [1.82, 2.24) is 24.3 Å². The molecule has 1 aromatic carbocycles. The Morgan fingerprint density at radius 1 is 1.00 bits per heavy atom. The molecule has 0 aliphatic heterocycles. The van der Waals surface area contributed by atoms with E-state index < -0.39 is 5.91 Å². The van der Waals surface area contributed by atoms with Gasteiger partial charge in [-0.15, -0.1) is 0 Å². The van der Waals surface area contributed by atoms with Gasteiger partial charge in [-0.25, -0.2) is 4.98 Å². The first-order valence-corrected chi connectivity index (χ1v) is 11.2. The number of fused-ring (bicyclic) bond motifs is 2. The summed E-state index contributed by atoms with van der Waals surface area (Å²) in [4.78, 5) is 35.5. The minimum atomic E-state index is -0.422. The molecule has 0 bridgehead atoms. The minimum absolute atomic E-state index is 0.0134. The Morgan fingerprint density at radius 3 is 2.49 bits per heavy atom. The van der Waals surface area contributed by atoms with E-state index in [1.807, 2.05) is 56.3 Å². The van der Waals surface area contributed by atoms with Gasteiger partial charge in [0.05, 0.1) is 17.5 Å². The second-order valence-electron chi connectivity index (χ2n) is 8.56. The van der Waals surface area contributed by atoms with Crippen molar-refractivity contribution in [3.63, 3.8) is 0 Å². The van der Waals surface area contributed by atoms with Crippen LogP contribution in [0.3, 0.4) is 0 Å². The van der Waals surface area contributed by atoms with Crippen molar-refractivity contribution in [3.05, 3.63) is 117 Å². The molecule has 0 unspecified atom stereocenters. The van der Waals surface area contributed by atoms with Crippen LogP contribution in [0, 0.1) is 19.3 Å². The molecule has 35 heavy (non-hydrogen) atoms. The van der Waals surface area contributed by atoms with Crippen LogP contribution in [-0.4, -0.2) is 24.8 Å². The Hall–Kier alpha value is -4.59. The second kappa shape index (κ2) is 8.98. The summed E-state index contributed by atoms with van der Waals surface area (Å²) in [5.74, 6) is -0.422. The SMILES string of the molecule is Cc1ccc(CNC(=O)c2cc3c(=O)n4cccc(C)c4nc3n(Cc3ccncc3)c2=N)cc1. The fourth-order valence-corrected chi connectivity index (χ4v) is 4.08. The van der Waals surface area contributed by atoms with Crippen molar-refractivity contribution in [1.29, 1.82) is 5.41 Å². The summed E-state index contributed by atoms with van der Waals surface area (Å²) in [6.07, 6.45) is 5.00. The number of nitrogens with one attached hydrogen (secondary N) is 2. The van der Waals surface area contributed by atoms with Gasteiger partial charge < -0.3 is 9.88 Å². The van der Waals surface area contributed by atoms with E-state index in [4.69, 9.17) is 10.4 Å². The second-order valence-corrected chi connectivity index (χ2v) is 8.56. The largest absolute Gasteiger partial charge is 0.348 e. The monoisotopic (exact) mass is 464 g/mol. The zero-order valence-electron chi connectivity index (χ0n) is 19.4. The molecule has 0 aliphatic rings. The summed E-state index contributed by atoms with van der Waals surface area (Å²) < 4.78 is 3.09. The smallest absolute Gasteiger partial charge is 0.267 e. The van der Waals surface area contributed by atoms with E-state index in [0.29, 0.717) is 17.8 Å². The van der Waals surface area contributed by atoms with Gasteiger partial charge in [0.2, 0.25) is 0 Å². The average Bonchev–Trinajstić information content (AvgIpc) is 2.86. The van der Waals surface area contributed by atoms with Gasteiger partial charge in [0.25, 0.3) is 11.5 Å². The maximum Gasteiger partial charge on any atom is 0.267 e. The highest BCUT2D eigenvalue weighted by Crippen LogP contribution is 2.14. The van der Waals surface area contributed by atoms with Crippen LogP contribution in [0.1, 0.15) is 32.6 Å². The van der Waals surface area contributed by atoms with Crippen LogP contribution in [0.5, 0.6) is 0 Å². The first-order chi connectivity index (χ1) is 16.9. The maximum absolute atomic E-state index is 13.4. The number of nitrogens with zero attached hydrogens (tertiary/aromatic N) is 4. The Balaban J connectivity index is 1.67. The number of pyridine rings is 3. The van der Waals surface area contributed by atoms with Gasteiger partial charge in [0, 0.05) is 25.1 Å². The van der Waals surface area contributed by atoms with Crippen LogP contribution < -0.4 is 16.4 Å². The van der Waals surface area contributed by atoms with Crippen LogP contribution in [0.25, 0.3) is 16.7 Å². The van der Waals surface area contributed by atoms with Crippen molar-refractivity contribution in [3.8, 4) is 0 Å². The molecule has 5 rings (SSSR count). The molecular formula is C27H24N6O2. The molecule has 0 saturated heterocycles. The molecule has 0 saturated carbocycles. The van der Waals surface area contributed by atoms with Crippen molar-refractivity contribution in [2.75, 3.05) is 0 Å². The number of carbonyl (C=O) groups is 1. The van der Waals surface area contributed by atoms with Gasteiger partial charge in [-0.1, -0.05) is 35.9 Å². The Kier molecular flexibility index (Phi) is 5.70. The van der Waals surface area contributed by atoms with Crippen LogP contribution in [0.2, 0.25) is 0 Å². The fourth-order valence-electron chi connectivity index (χ4n) is 4.08. The molecule has 5 aromatic rings. The predicted molar refractivity (Wildman–Crippen MR) is 133 cm³/mol. The van der Waals surface area contributed by atoms with Crippen molar-refractivity contribution < 1.29 is 4.79 Å². The summed E-state index contributed by atoms with van der Waals surface area (Å²) in [5.41, 5.74) is 4.50. The lowest BCUT2D eigenvalue weighted by Crippen LogP contribution is -2.35. The van der Waals surface area contributed by atoms with Crippen molar-refractivity contribution >= 4 is 22.6 Å². The van der Waals surface area contributed by atoms with E-state index in [0.717, 1.165) is 22.3 Å². The molecule has 4 aromatic heterocycles. The predicted octanol–water partition coefficient (Wildman–Crippen LogP) is 3.12. The Bertz CT molecular complexity index is 1690. The highest BCUT2D eigenvalue weighted by molar-refractivity contribution is 5.96. The number of carbonyl (C=O) groups excluding carboxylic acids is 1. The van der Waals surface area contributed by atoms with Gasteiger partial charge >= 0.3 is 0 Å².